The molecule has 0 aliphatic carbocycles. The van der Waals surface area contributed by atoms with E-state index in [-0.39, 0.29) is 0 Å². The topological polar surface area (TPSA) is 39.4 Å². The number of benzene rings is 7. The molecule has 0 N–H and O–H groups in total. The van der Waals surface area contributed by atoms with Crippen LogP contribution in [0.15, 0.2) is 147 Å². The van der Waals surface area contributed by atoms with Gasteiger partial charge in [0.25, 0.3) is 0 Å². The normalized spacial score (nSPS) is 12.2. The molecule has 10 rings (SSSR count). The molecule has 0 saturated carbocycles. The fourth-order valence-electron chi connectivity index (χ4n) is 7.23. The van der Waals surface area contributed by atoms with Crippen molar-refractivity contribution in [2.75, 3.05) is 0 Å². The van der Waals surface area contributed by atoms with Gasteiger partial charge in [-0.3, -0.25) is 0 Å². The molecule has 0 aliphatic rings. The fourth-order valence-corrected chi connectivity index (χ4v) is 7.23. The van der Waals surface area contributed by atoms with Crippen molar-refractivity contribution >= 4 is 76.4 Å². The van der Waals surface area contributed by atoms with Crippen molar-refractivity contribution in [1.82, 2.24) is 0 Å². The van der Waals surface area contributed by atoms with Crippen molar-refractivity contribution in [2.45, 2.75) is 0 Å². The molecule has 200 valence electrons. The minimum atomic E-state index is 0.861. The number of furan rings is 3. The van der Waals surface area contributed by atoms with Crippen LogP contribution in [0, 0.1) is 0 Å². The summed E-state index contributed by atoms with van der Waals surface area (Å²) >= 11 is 0. The second kappa shape index (κ2) is 8.37. The summed E-state index contributed by atoms with van der Waals surface area (Å²) in [4.78, 5) is 0. The number of rotatable bonds is 2. The Labute approximate surface area is 245 Å². The van der Waals surface area contributed by atoms with Gasteiger partial charge in [-0.2, -0.15) is 0 Å². The van der Waals surface area contributed by atoms with Gasteiger partial charge in [-0.25, -0.2) is 0 Å². The summed E-state index contributed by atoms with van der Waals surface area (Å²) in [5.41, 5.74) is 9.05. The zero-order valence-corrected chi connectivity index (χ0v) is 22.9. The average Bonchev–Trinajstić information content (AvgIpc) is 3.78. The molecule has 3 nitrogen and oxygen atoms in total. The van der Waals surface area contributed by atoms with Gasteiger partial charge in [0, 0.05) is 38.1 Å². The number of para-hydroxylation sites is 2. The molecule has 0 unspecified atom stereocenters. The molecule has 10 aromatic rings. The molecular formula is C40H22O3. The van der Waals surface area contributed by atoms with Crippen LogP contribution in [0.5, 0.6) is 0 Å². The highest BCUT2D eigenvalue weighted by Crippen LogP contribution is 2.49. The van der Waals surface area contributed by atoms with E-state index < -0.39 is 0 Å². The van der Waals surface area contributed by atoms with Crippen molar-refractivity contribution in [1.29, 1.82) is 0 Å². The van der Waals surface area contributed by atoms with Crippen LogP contribution in [0.4, 0.5) is 0 Å². The predicted molar refractivity (Wildman–Crippen MR) is 177 cm³/mol. The zero-order valence-electron chi connectivity index (χ0n) is 22.9. The molecule has 0 spiro atoms. The molecular weight excluding hydrogens is 528 g/mol. The van der Waals surface area contributed by atoms with Gasteiger partial charge >= 0.3 is 0 Å². The van der Waals surface area contributed by atoms with Crippen molar-refractivity contribution in [3.63, 3.8) is 0 Å². The van der Waals surface area contributed by atoms with Crippen LogP contribution in [-0.2, 0) is 0 Å². The van der Waals surface area contributed by atoms with E-state index in [2.05, 4.69) is 97.1 Å². The van der Waals surface area contributed by atoms with E-state index in [9.17, 15) is 0 Å². The summed E-state index contributed by atoms with van der Waals surface area (Å²) in [5.74, 6) is 0. The quantitative estimate of drug-likeness (QED) is 0.201. The highest BCUT2D eigenvalue weighted by atomic mass is 16.3. The van der Waals surface area contributed by atoms with Crippen LogP contribution < -0.4 is 0 Å². The maximum atomic E-state index is 6.67. The van der Waals surface area contributed by atoms with Gasteiger partial charge in [0.2, 0.25) is 0 Å². The first-order valence-electron chi connectivity index (χ1n) is 14.5. The molecule has 0 radical (unpaired) electrons. The van der Waals surface area contributed by atoms with Crippen LogP contribution in [0.2, 0.25) is 0 Å². The monoisotopic (exact) mass is 550 g/mol. The molecule has 0 amide bonds. The van der Waals surface area contributed by atoms with Crippen molar-refractivity contribution in [2.24, 2.45) is 0 Å². The Morgan fingerprint density at radius 3 is 1.63 bits per heavy atom. The first-order chi connectivity index (χ1) is 21.3. The lowest BCUT2D eigenvalue weighted by Gasteiger charge is -2.18. The van der Waals surface area contributed by atoms with Gasteiger partial charge in [0.1, 0.15) is 27.9 Å². The largest absolute Gasteiger partial charge is 0.464 e. The van der Waals surface area contributed by atoms with E-state index in [0.717, 1.165) is 60.4 Å². The Kier molecular flexibility index (Phi) is 4.45. The van der Waals surface area contributed by atoms with Crippen LogP contribution in [-0.4, -0.2) is 0 Å². The Hall–Kier alpha value is -5.80. The van der Waals surface area contributed by atoms with Gasteiger partial charge in [-0.05, 0) is 63.0 Å². The van der Waals surface area contributed by atoms with Crippen LogP contribution in [0.1, 0.15) is 0 Å². The van der Waals surface area contributed by atoms with Crippen molar-refractivity contribution in [3.8, 4) is 22.3 Å². The van der Waals surface area contributed by atoms with Crippen LogP contribution in [0.3, 0.4) is 0 Å². The summed E-state index contributed by atoms with van der Waals surface area (Å²) in [7, 11) is 0. The standard InChI is InChI=1S/C40H22O3/c1-3-11-25-23(9-1)36(29-14-8-18-34-38(29)27-13-5-6-17-33(27)42-34)24-10-2-4-12-26(24)37(25)30-15-7-16-31-39-28-21-22-41-32(28)19-20-35(39)43-40(30)31/h1-22H. The number of fused-ring (bicyclic) bond motifs is 10. The first-order valence-corrected chi connectivity index (χ1v) is 14.5. The van der Waals surface area contributed by atoms with E-state index >= 15 is 0 Å². The third-order valence-corrected chi connectivity index (χ3v) is 8.97. The van der Waals surface area contributed by atoms with Gasteiger partial charge in [-0.15, -0.1) is 0 Å². The summed E-state index contributed by atoms with van der Waals surface area (Å²) in [6.07, 6.45) is 1.75. The van der Waals surface area contributed by atoms with Gasteiger partial charge in [-0.1, -0.05) is 97.1 Å². The second-order valence-electron chi connectivity index (χ2n) is 11.2. The molecule has 0 aliphatic heterocycles. The molecule has 3 aromatic heterocycles. The first kappa shape index (κ1) is 22.8. The average molecular weight is 551 g/mol. The summed E-state index contributed by atoms with van der Waals surface area (Å²) in [6, 6.07) is 44.7. The maximum absolute atomic E-state index is 6.67. The Morgan fingerprint density at radius 1 is 0.326 bits per heavy atom. The smallest absolute Gasteiger partial charge is 0.143 e. The number of hydrogen-bond acceptors (Lipinski definition) is 3. The minimum Gasteiger partial charge on any atom is -0.464 e. The van der Waals surface area contributed by atoms with E-state index in [1.54, 1.807) is 6.26 Å². The lowest BCUT2D eigenvalue weighted by molar-refractivity contribution is 0.615. The van der Waals surface area contributed by atoms with E-state index in [1.165, 1.54) is 38.2 Å². The molecule has 0 atom stereocenters. The van der Waals surface area contributed by atoms with Crippen molar-refractivity contribution < 1.29 is 13.3 Å². The Balaban J connectivity index is 1.37. The molecule has 7 aromatic carbocycles. The molecule has 43 heavy (non-hydrogen) atoms. The van der Waals surface area contributed by atoms with Gasteiger partial charge < -0.3 is 13.3 Å². The minimum absolute atomic E-state index is 0.861. The Morgan fingerprint density at radius 2 is 0.860 bits per heavy atom. The van der Waals surface area contributed by atoms with Gasteiger partial charge in [0.15, 0.2) is 0 Å². The summed E-state index contributed by atoms with van der Waals surface area (Å²) in [5, 5.41) is 10.3. The molecule has 3 heterocycles. The van der Waals surface area contributed by atoms with Crippen LogP contribution >= 0.6 is 0 Å². The third-order valence-electron chi connectivity index (χ3n) is 8.97. The molecule has 0 fully saturated rings. The Bertz CT molecular complexity index is 2680. The lowest BCUT2D eigenvalue weighted by atomic mass is 9.84. The van der Waals surface area contributed by atoms with E-state index in [4.69, 9.17) is 13.3 Å². The highest BCUT2D eigenvalue weighted by Gasteiger charge is 2.22. The third kappa shape index (κ3) is 3.03. The van der Waals surface area contributed by atoms with E-state index in [0.29, 0.717) is 0 Å². The predicted octanol–water partition coefficient (Wildman–Crippen LogP) is 11.9. The van der Waals surface area contributed by atoms with E-state index in [1.807, 2.05) is 30.3 Å². The van der Waals surface area contributed by atoms with Crippen LogP contribution in [0.25, 0.3) is 98.6 Å². The number of hydrogen-bond donors (Lipinski definition) is 0. The summed E-state index contributed by atoms with van der Waals surface area (Å²) < 4.78 is 18.7. The van der Waals surface area contributed by atoms with Crippen molar-refractivity contribution in [3.05, 3.63) is 134 Å². The lowest BCUT2D eigenvalue weighted by Crippen LogP contribution is -1.91. The maximum Gasteiger partial charge on any atom is 0.143 e. The zero-order chi connectivity index (χ0) is 28.1. The molecule has 0 saturated heterocycles. The SMILES string of the molecule is c1ccc2c(c1)oc1cccc(-c3c4ccccc4c(-c4cccc5c4oc4ccc6occc6c45)c4ccccc34)c12. The molecule has 0 bridgehead atoms. The second-order valence-corrected chi connectivity index (χ2v) is 11.2. The van der Waals surface area contributed by atoms with Gasteiger partial charge in [0.05, 0.1) is 6.26 Å². The fraction of sp³-hybridized carbons (Fsp3) is 0. The highest BCUT2D eigenvalue weighted by molar-refractivity contribution is 6.28. The summed E-state index contributed by atoms with van der Waals surface area (Å²) in [6.45, 7) is 0. The molecule has 3 heteroatoms.